The molecule has 0 saturated carbocycles. The third-order valence-electron chi connectivity index (χ3n) is 2.58. The highest BCUT2D eigenvalue weighted by Crippen LogP contribution is 2.24. The second-order valence-electron chi connectivity index (χ2n) is 3.70. The molecule has 5 heteroatoms. The number of hydrogen-bond donors (Lipinski definition) is 1. The molecule has 2 nitrogen and oxygen atoms in total. The second kappa shape index (κ2) is 6.07. The van der Waals surface area contributed by atoms with Crippen LogP contribution in [0.3, 0.4) is 0 Å². The van der Waals surface area contributed by atoms with E-state index < -0.39 is 0 Å². The summed E-state index contributed by atoms with van der Waals surface area (Å²) in [6.45, 7) is 3.01. The van der Waals surface area contributed by atoms with Gasteiger partial charge in [-0.05, 0) is 40.2 Å². The number of nitrogens with zero attached hydrogens (tertiary/aromatic N) is 1. The van der Waals surface area contributed by atoms with Crippen molar-refractivity contribution in [2.75, 3.05) is 5.75 Å². The Morgan fingerprint density at radius 3 is 3.19 bits per heavy atom. The number of thiophene rings is 1. The van der Waals surface area contributed by atoms with Gasteiger partial charge in [0.05, 0.1) is 6.54 Å². The minimum atomic E-state index is 0.617. The predicted octanol–water partition coefficient (Wildman–Crippen LogP) is 3.87. The van der Waals surface area contributed by atoms with Crippen LogP contribution in [0.4, 0.5) is 0 Å². The average molecular weight is 319 g/mol. The van der Waals surface area contributed by atoms with Gasteiger partial charge in [-0.1, -0.05) is 18.7 Å². The molecule has 1 fully saturated rings. The normalized spacial score (nSPS) is 23.4. The molecule has 1 N–H and O–H groups in total. The van der Waals surface area contributed by atoms with Crippen molar-refractivity contribution in [3.05, 3.63) is 20.8 Å². The van der Waals surface area contributed by atoms with Gasteiger partial charge in [0.25, 0.3) is 0 Å². The maximum absolute atomic E-state index is 4.63. The fourth-order valence-corrected chi connectivity index (χ4v) is 3.97. The van der Waals surface area contributed by atoms with Crippen LogP contribution < -0.4 is 5.32 Å². The number of halogens is 1. The summed E-state index contributed by atoms with van der Waals surface area (Å²) < 4.78 is 1.18. The number of hydrogen-bond acceptors (Lipinski definition) is 3. The van der Waals surface area contributed by atoms with Gasteiger partial charge in [-0.15, -0.1) is 11.3 Å². The first-order valence-corrected chi connectivity index (χ1v) is 8.11. The molecule has 2 rings (SSSR count). The van der Waals surface area contributed by atoms with E-state index in [0.717, 1.165) is 11.7 Å². The maximum Gasteiger partial charge on any atom is 0.157 e. The highest BCUT2D eigenvalue weighted by Gasteiger charge is 2.15. The van der Waals surface area contributed by atoms with Gasteiger partial charge in [-0.2, -0.15) is 0 Å². The van der Waals surface area contributed by atoms with Crippen molar-refractivity contribution in [1.82, 2.24) is 5.32 Å². The summed E-state index contributed by atoms with van der Waals surface area (Å²) in [7, 11) is 0. The lowest BCUT2D eigenvalue weighted by molar-refractivity contribution is 0.570. The molecule has 1 saturated heterocycles. The van der Waals surface area contributed by atoms with Crippen LogP contribution >= 0.6 is 39.0 Å². The number of amidine groups is 1. The molecule has 0 amide bonds. The van der Waals surface area contributed by atoms with Crippen molar-refractivity contribution in [2.45, 2.75) is 32.4 Å². The molecule has 1 aliphatic heterocycles. The third kappa shape index (κ3) is 3.25. The van der Waals surface area contributed by atoms with E-state index >= 15 is 0 Å². The molecule has 0 spiro atoms. The van der Waals surface area contributed by atoms with Crippen LogP contribution in [0.15, 0.2) is 20.9 Å². The summed E-state index contributed by atoms with van der Waals surface area (Å²) in [6.07, 6.45) is 2.44. The Labute approximate surface area is 113 Å². The molecule has 0 bridgehead atoms. The van der Waals surface area contributed by atoms with E-state index in [2.05, 4.69) is 44.6 Å². The van der Waals surface area contributed by atoms with Gasteiger partial charge >= 0.3 is 0 Å². The van der Waals surface area contributed by atoms with E-state index in [4.69, 9.17) is 0 Å². The quantitative estimate of drug-likeness (QED) is 0.914. The maximum atomic E-state index is 4.63. The first-order valence-electron chi connectivity index (χ1n) is 5.45. The second-order valence-corrected chi connectivity index (χ2v) is 6.64. The number of aliphatic imine (C=N–C) groups is 1. The highest BCUT2D eigenvalue weighted by atomic mass is 79.9. The van der Waals surface area contributed by atoms with Gasteiger partial charge < -0.3 is 5.32 Å². The molecule has 1 aromatic heterocycles. The topological polar surface area (TPSA) is 24.4 Å². The van der Waals surface area contributed by atoms with Crippen molar-refractivity contribution in [3.8, 4) is 0 Å². The Morgan fingerprint density at radius 2 is 2.50 bits per heavy atom. The third-order valence-corrected chi connectivity index (χ3v) is 5.45. The van der Waals surface area contributed by atoms with E-state index in [1.807, 2.05) is 11.8 Å². The summed E-state index contributed by atoms with van der Waals surface area (Å²) in [6, 6.07) is 2.70. The van der Waals surface area contributed by atoms with Gasteiger partial charge in [0.1, 0.15) is 0 Å². The zero-order chi connectivity index (χ0) is 11.4. The Hall–Kier alpha value is -0.0000000000000000555. The lowest BCUT2D eigenvalue weighted by Crippen LogP contribution is -2.37. The number of nitrogens with one attached hydrogen (secondary N) is 1. The summed E-state index contributed by atoms with van der Waals surface area (Å²) in [5, 5.41) is 6.69. The van der Waals surface area contributed by atoms with Crippen molar-refractivity contribution in [3.63, 3.8) is 0 Å². The van der Waals surface area contributed by atoms with Gasteiger partial charge in [0.15, 0.2) is 5.17 Å². The molecule has 88 valence electrons. The minimum absolute atomic E-state index is 0.617. The zero-order valence-corrected chi connectivity index (χ0v) is 12.4. The smallest absolute Gasteiger partial charge is 0.157 e. The molecule has 1 aliphatic rings. The van der Waals surface area contributed by atoms with Crippen molar-refractivity contribution in [2.24, 2.45) is 4.99 Å². The molecule has 1 aromatic rings. The van der Waals surface area contributed by atoms with Gasteiger partial charge in [-0.25, -0.2) is 0 Å². The monoisotopic (exact) mass is 318 g/mol. The molecule has 16 heavy (non-hydrogen) atoms. The van der Waals surface area contributed by atoms with E-state index in [0.29, 0.717) is 6.04 Å². The molecular weight excluding hydrogens is 304 g/mol. The summed E-state index contributed by atoms with van der Waals surface area (Å²) in [5.74, 6) is 1.19. The fraction of sp³-hybridized carbons (Fsp3) is 0.545. The summed E-state index contributed by atoms with van der Waals surface area (Å²) in [4.78, 5) is 5.93. The molecular formula is C11H15BrN2S2. The van der Waals surface area contributed by atoms with Crippen LogP contribution in [0.1, 0.15) is 24.6 Å². The Morgan fingerprint density at radius 1 is 1.62 bits per heavy atom. The molecule has 0 radical (unpaired) electrons. The molecule has 0 aliphatic carbocycles. The van der Waals surface area contributed by atoms with Crippen molar-refractivity contribution >= 4 is 44.2 Å². The van der Waals surface area contributed by atoms with Crippen molar-refractivity contribution < 1.29 is 0 Å². The van der Waals surface area contributed by atoms with Crippen LogP contribution in [-0.4, -0.2) is 17.0 Å². The first kappa shape index (κ1) is 12.5. The molecule has 1 atom stereocenters. The fourth-order valence-electron chi connectivity index (χ4n) is 1.57. The van der Waals surface area contributed by atoms with E-state index in [1.165, 1.54) is 27.9 Å². The summed E-state index contributed by atoms with van der Waals surface area (Å²) in [5.41, 5.74) is 0. The highest BCUT2D eigenvalue weighted by molar-refractivity contribution is 9.10. The van der Waals surface area contributed by atoms with Crippen LogP contribution in [0, 0.1) is 0 Å². The van der Waals surface area contributed by atoms with Gasteiger partial charge in [-0.3, -0.25) is 4.99 Å². The summed E-state index contributed by atoms with van der Waals surface area (Å²) >= 11 is 7.12. The molecule has 0 aromatic carbocycles. The first-order chi connectivity index (χ1) is 7.79. The van der Waals surface area contributed by atoms with E-state index in [-0.39, 0.29) is 0 Å². The van der Waals surface area contributed by atoms with E-state index in [9.17, 15) is 0 Å². The van der Waals surface area contributed by atoms with Gasteiger partial charge in [0, 0.05) is 21.1 Å². The van der Waals surface area contributed by atoms with Crippen LogP contribution in [0.25, 0.3) is 0 Å². The predicted molar refractivity (Wildman–Crippen MR) is 77.4 cm³/mol. The molecule has 2 heterocycles. The zero-order valence-electron chi connectivity index (χ0n) is 9.20. The van der Waals surface area contributed by atoms with Crippen LogP contribution in [0.2, 0.25) is 0 Å². The number of rotatable bonds is 3. The Balaban J connectivity index is 1.94. The average Bonchev–Trinajstić information content (AvgIpc) is 2.72. The lowest BCUT2D eigenvalue weighted by Gasteiger charge is -2.24. The SMILES string of the molecule is CCC1CCSC(=NCc2sccc2Br)N1. The Kier molecular flexibility index (Phi) is 4.73. The van der Waals surface area contributed by atoms with Crippen LogP contribution in [0.5, 0.6) is 0 Å². The molecule has 1 unspecified atom stereocenters. The standard InChI is InChI=1S/C11H15BrN2S2/c1-2-8-3-5-16-11(14-8)13-7-10-9(12)4-6-15-10/h4,6,8H,2-3,5,7H2,1H3,(H,13,14). The van der Waals surface area contributed by atoms with Crippen molar-refractivity contribution in [1.29, 1.82) is 0 Å². The largest absolute Gasteiger partial charge is 0.362 e. The van der Waals surface area contributed by atoms with E-state index in [1.54, 1.807) is 11.3 Å². The minimum Gasteiger partial charge on any atom is -0.362 e. The van der Waals surface area contributed by atoms with Gasteiger partial charge in [0.2, 0.25) is 0 Å². The van der Waals surface area contributed by atoms with Crippen LogP contribution in [-0.2, 0) is 6.54 Å². The Bertz CT molecular complexity index is 376. The lowest BCUT2D eigenvalue weighted by atomic mass is 10.2. The number of thioether (sulfide) groups is 1.